The normalized spacial score (nSPS) is 32.2. The van der Waals surface area contributed by atoms with Crippen molar-refractivity contribution in [1.82, 2.24) is 4.90 Å². The molecule has 1 amide bonds. The molecule has 0 radical (unpaired) electrons. The molecule has 3 saturated carbocycles. The number of nitrogens with zero attached hydrogens (tertiary/aromatic N) is 1. The molecule has 0 bridgehead atoms. The van der Waals surface area contributed by atoms with Crippen LogP contribution in [0.1, 0.15) is 32.1 Å². The van der Waals surface area contributed by atoms with Gasteiger partial charge in [-0.25, -0.2) is 0 Å². The van der Waals surface area contributed by atoms with Crippen LogP contribution in [-0.4, -0.2) is 34.5 Å². The molecule has 0 aromatic rings. The molecule has 3 fully saturated rings. The van der Waals surface area contributed by atoms with Gasteiger partial charge in [0.2, 0.25) is 5.91 Å². The Bertz CT molecular complexity index is 333. The van der Waals surface area contributed by atoms with E-state index >= 15 is 0 Å². The first kappa shape index (κ1) is 10.1. The van der Waals surface area contributed by atoms with Gasteiger partial charge in [0.25, 0.3) is 0 Å². The summed E-state index contributed by atoms with van der Waals surface area (Å²) < 4.78 is 0. The fourth-order valence-corrected chi connectivity index (χ4v) is 2.68. The van der Waals surface area contributed by atoms with Crippen LogP contribution in [0, 0.1) is 17.8 Å². The Morgan fingerprint density at radius 1 is 1.19 bits per heavy atom. The third kappa shape index (κ3) is 1.93. The Balaban J connectivity index is 1.60. The van der Waals surface area contributed by atoms with Crippen molar-refractivity contribution in [1.29, 1.82) is 0 Å². The molecular weight excluding hydrogens is 206 g/mol. The van der Waals surface area contributed by atoms with Crippen LogP contribution in [0.4, 0.5) is 0 Å². The summed E-state index contributed by atoms with van der Waals surface area (Å²) in [5.74, 6) is 0.750. The van der Waals surface area contributed by atoms with Crippen molar-refractivity contribution in [3.8, 4) is 0 Å². The first-order valence-corrected chi connectivity index (χ1v) is 6.19. The summed E-state index contributed by atoms with van der Waals surface area (Å²) in [6, 6.07) is 0.226. The minimum Gasteiger partial charge on any atom is -0.480 e. The van der Waals surface area contributed by atoms with E-state index in [0.29, 0.717) is 5.92 Å². The van der Waals surface area contributed by atoms with E-state index in [2.05, 4.69) is 0 Å². The highest BCUT2D eigenvalue weighted by molar-refractivity contribution is 5.85. The largest absolute Gasteiger partial charge is 0.480 e. The maximum Gasteiger partial charge on any atom is 0.323 e. The molecule has 0 aliphatic heterocycles. The quantitative estimate of drug-likeness (QED) is 0.759. The fraction of sp³-hybridized carbons (Fsp3) is 0.833. The Kier molecular flexibility index (Phi) is 2.19. The standard InChI is InChI=1S/C12H17NO3/c14-11(15)6-13(8-3-4-8)12(16)10-5-9(10)7-1-2-7/h7-10H,1-6H2,(H,14,15)/t9-,10-/m0/s1. The lowest BCUT2D eigenvalue weighted by molar-refractivity contribution is -0.145. The lowest BCUT2D eigenvalue weighted by atomic mass is 10.2. The predicted octanol–water partition coefficient (Wildman–Crippen LogP) is 1.11. The van der Waals surface area contributed by atoms with Crippen LogP contribution in [0.3, 0.4) is 0 Å². The molecule has 0 unspecified atom stereocenters. The summed E-state index contributed by atoms with van der Waals surface area (Å²) in [6.07, 6.45) is 5.53. The maximum absolute atomic E-state index is 12.1. The van der Waals surface area contributed by atoms with Gasteiger partial charge in [-0.1, -0.05) is 0 Å². The van der Waals surface area contributed by atoms with Crippen LogP contribution >= 0.6 is 0 Å². The van der Waals surface area contributed by atoms with E-state index < -0.39 is 5.97 Å². The zero-order valence-electron chi connectivity index (χ0n) is 9.26. The minimum atomic E-state index is -0.885. The van der Waals surface area contributed by atoms with Crippen LogP contribution in [0.2, 0.25) is 0 Å². The summed E-state index contributed by atoms with van der Waals surface area (Å²) in [5, 5.41) is 8.81. The number of carboxylic acid groups (broad SMARTS) is 1. The van der Waals surface area contributed by atoms with E-state index in [1.54, 1.807) is 4.90 Å². The summed E-state index contributed by atoms with van der Waals surface area (Å²) in [5.41, 5.74) is 0. The van der Waals surface area contributed by atoms with Gasteiger partial charge in [0.1, 0.15) is 6.54 Å². The zero-order valence-corrected chi connectivity index (χ0v) is 9.26. The van der Waals surface area contributed by atoms with Crippen molar-refractivity contribution >= 4 is 11.9 Å². The van der Waals surface area contributed by atoms with E-state index in [-0.39, 0.29) is 24.4 Å². The van der Waals surface area contributed by atoms with Crippen LogP contribution in [0.5, 0.6) is 0 Å². The van der Waals surface area contributed by atoms with Crippen LogP contribution in [0.15, 0.2) is 0 Å². The minimum absolute atomic E-state index is 0.0998. The third-order valence-corrected chi connectivity index (χ3v) is 3.96. The van der Waals surface area contributed by atoms with Crippen LogP contribution < -0.4 is 0 Å². The SMILES string of the molecule is O=C(O)CN(C(=O)[C@H]1C[C@H]1C1CC1)C1CC1. The molecular formula is C12H17NO3. The Labute approximate surface area is 94.6 Å². The molecule has 88 valence electrons. The Hall–Kier alpha value is -1.06. The van der Waals surface area contributed by atoms with E-state index in [4.69, 9.17) is 5.11 Å². The van der Waals surface area contributed by atoms with Crippen molar-refractivity contribution in [2.24, 2.45) is 17.8 Å². The second kappa shape index (κ2) is 3.47. The van der Waals surface area contributed by atoms with Gasteiger partial charge in [-0.05, 0) is 43.9 Å². The number of carboxylic acids is 1. The number of carbonyl (C=O) groups is 2. The molecule has 1 N–H and O–H groups in total. The van der Waals surface area contributed by atoms with E-state index in [9.17, 15) is 9.59 Å². The van der Waals surface area contributed by atoms with Gasteiger partial charge in [-0.15, -0.1) is 0 Å². The monoisotopic (exact) mass is 223 g/mol. The molecule has 0 saturated heterocycles. The van der Waals surface area contributed by atoms with Gasteiger partial charge in [0.05, 0.1) is 0 Å². The van der Waals surface area contributed by atoms with E-state index in [1.807, 2.05) is 0 Å². The van der Waals surface area contributed by atoms with E-state index in [1.165, 1.54) is 12.8 Å². The van der Waals surface area contributed by atoms with Crippen LogP contribution in [0.25, 0.3) is 0 Å². The lowest BCUT2D eigenvalue weighted by Gasteiger charge is -2.20. The van der Waals surface area contributed by atoms with Crippen molar-refractivity contribution in [3.05, 3.63) is 0 Å². The smallest absolute Gasteiger partial charge is 0.323 e. The number of amides is 1. The molecule has 4 nitrogen and oxygen atoms in total. The molecule has 3 rings (SSSR count). The lowest BCUT2D eigenvalue weighted by Crippen LogP contribution is -2.38. The highest BCUT2D eigenvalue weighted by Gasteiger charge is 2.53. The fourth-order valence-electron chi connectivity index (χ4n) is 2.68. The molecule has 0 aromatic heterocycles. The molecule has 16 heavy (non-hydrogen) atoms. The second-order valence-electron chi connectivity index (χ2n) is 5.43. The van der Waals surface area contributed by atoms with Crippen molar-refractivity contribution in [2.75, 3.05) is 6.54 Å². The van der Waals surface area contributed by atoms with Gasteiger partial charge in [0.15, 0.2) is 0 Å². The highest BCUT2D eigenvalue weighted by Crippen LogP contribution is 2.55. The Morgan fingerprint density at radius 2 is 1.88 bits per heavy atom. The number of hydrogen-bond donors (Lipinski definition) is 1. The predicted molar refractivity (Wildman–Crippen MR) is 56.7 cm³/mol. The summed E-state index contributed by atoms with van der Waals surface area (Å²) >= 11 is 0. The van der Waals surface area contributed by atoms with Gasteiger partial charge in [-0.2, -0.15) is 0 Å². The maximum atomic E-state index is 12.1. The average molecular weight is 223 g/mol. The first-order chi connectivity index (χ1) is 7.66. The average Bonchev–Trinajstić information content (AvgIpc) is 3.13. The van der Waals surface area contributed by atoms with Gasteiger partial charge < -0.3 is 10.0 Å². The summed E-state index contributed by atoms with van der Waals surface area (Å²) in [4.78, 5) is 24.5. The van der Waals surface area contributed by atoms with Crippen molar-refractivity contribution < 1.29 is 14.7 Å². The Morgan fingerprint density at radius 3 is 2.38 bits per heavy atom. The van der Waals surface area contributed by atoms with E-state index in [0.717, 1.165) is 25.2 Å². The zero-order chi connectivity index (χ0) is 11.3. The summed E-state index contributed by atoms with van der Waals surface area (Å²) in [7, 11) is 0. The van der Waals surface area contributed by atoms with Crippen molar-refractivity contribution in [3.63, 3.8) is 0 Å². The molecule has 2 atom stereocenters. The molecule has 0 aromatic carbocycles. The third-order valence-electron chi connectivity index (χ3n) is 3.96. The first-order valence-electron chi connectivity index (χ1n) is 6.19. The summed E-state index contributed by atoms with van der Waals surface area (Å²) in [6.45, 7) is -0.0998. The second-order valence-corrected chi connectivity index (χ2v) is 5.43. The number of carbonyl (C=O) groups excluding carboxylic acids is 1. The van der Waals surface area contributed by atoms with Crippen LogP contribution in [-0.2, 0) is 9.59 Å². The van der Waals surface area contributed by atoms with Crippen molar-refractivity contribution in [2.45, 2.75) is 38.1 Å². The number of rotatable bonds is 5. The van der Waals surface area contributed by atoms with Gasteiger partial charge in [0, 0.05) is 12.0 Å². The van der Waals surface area contributed by atoms with Gasteiger partial charge >= 0.3 is 5.97 Å². The molecule has 4 heteroatoms. The molecule has 3 aliphatic rings. The van der Waals surface area contributed by atoms with Gasteiger partial charge in [-0.3, -0.25) is 9.59 Å². The molecule has 3 aliphatic carbocycles. The number of aliphatic carboxylic acids is 1. The molecule has 0 heterocycles. The molecule has 0 spiro atoms. The number of hydrogen-bond acceptors (Lipinski definition) is 2. The highest BCUT2D eigenvalue weighted by atomic mass is 16.4. The topological polar surface area (TPSA) is 57.6 Å².